The first kappa shape index (κ1) is 14.3. The molecule has 1 aromatic heterocycles. The second-order valence-electron chi connectivity index (χ2n) is 4.79. The first-order chi connectivity index (χ1) is 9.70. The lowest BCUT2D eigenvalue weighted by Gasteiger charge is -2.11. The number of benzene rings is 1. The SMILES string of the molecule is CNCC(C)C(=O)NCc1ccc(-n2cccn2)cc1. The maximum absolute atomic E-state index is 11.8. The zero-order valence-electron chi connectivity index (χ0n) is 11.8. The lowest BCUT2D eigenvalue weighted by molar-refractivity contribution is -0.124. The van der Waals surface area contributed by atoms with Crippen LogP contribution in [0.5, 0.6) is 0 Å². The van der Waals surface area contributed by atoms with E-state index >= 15 is 0 Å². The van der Waals surface area contributed by atoms with Crippen molar-refractivity contribution in [2.75, 3.05) is 13.6 Å². The average molecular weight is 272 g/mol. The van der Waals surface area contributed by atoms with E-state index in [1.165, 1.54) is 0 Å². The molecule has 20 heavy (non-hydrogen) atoms. The zero-order valence-corrected chi connectivity index (χ0v) is 11.8. The second kappa shape index (κ2) is 6.86. The Labute approximate surface area is 119 Å². The van der Waals surface area contributed by atoms with E-state index in [9.17, 15) is 4.79 Å². The lowest BCUT2D eigenvalue weighted by Crippen LogP contribution is -2.33. The topological polar surface area (TPSA) is 59.0 Å². The van der Waals surface area contributed by atoms with Crippen LogP contribution in [0.1, 0.15) is 12.5 Å². The summed E-state index contributed by atoms with van der Waals surface area (Å²) >= 11 is 0. The molecule has 0 aliphatic carbocycles. The van der Waals surface area contributed by atoms with Gasteiger partial charge in [-0.3, -0.25) is 4.79 Å². The molecule has 1 heterocycles. The summed E-state index contributed by atoms with van der Waals surface area (Å²) in [6.45, 7) is 3.14. The Kier molecular flexibility index (Phi) is 4.90. The van der Waals surface area contributed by atoms with Crippen LogP contribution in [0.3, 0.4) is 0 Å². The van der Waals surface area contributed by atoms with Gasteiger partial charge in [0.15, 0.2) is 0 Å². The molecule has 5 nitrogen and oxygen atoms in total. The Balaban J connectivity index is 1.90. The Bertz CT molecular complexity index is 534. The van der Waals surface area contributed by atoms with Crippen LogP contribution in [0.4, 0.5) is 0 Å². The Morgan fingerprint density at radius 1 is 1.35 bits per heavy atom. The number of hydrogen-bond acceptors (Lipinski definition) is 3. The normalized spacial score (nSPS) is 12.1. The van der Waals surface area contributed by atoms with Crippen LogP contribution >= 0.6 is 0 Å². The molecule has 1 aromatic carbocycles. The third-order valence-corrected chi connectivity index (χ3v) is 3.13. The van der Waals surface area contributed by atoms with Gasteiger partial charge in [0.25, 0.3) is 0 Å². The van der Waals surface area contributed by atoms with E-state index in [1.807, 2.05) is 50.5 Å². The quantitative estimate of drug-likeness (QED) is 0.834. The molecule has 0 aliphatic rings. The Hall–Kier alpha value is -2.14. The highest BCUT2D eigenvalue weighted by Crippen LogP contribution is 2.08. The molecule has 1 amide bonds. The number of hydrogen-bond donors (Lipinski definition) is 2. The van der Waals surface area contributed by atoms with Crippen LogP contribution in [0.25, 0.3) is 5.69 Å². The van der Waals surface area contributed by atoms with Gasteiger partial charge in [0.05, 0.1) is 5.69 Å². The van der Waals surface area contributed by atoms with Crippen LogP contribution < -0.4 is 10.6 Å². The standard InChI is InChI=1S/C15H20N4O/c1-12(10-16-2)15(20)17-11-13-4-6-14(7-5-13)19-9-3-8-18-19/h3-9,12,16H,10-11H2,1-2H3,(H,17,20). The van der Waals surface area contributed by atoms with Crippen LogP contribution in [0.15, 0.2) is 42.7 Å². The van der Waals surface area contributed by atoms with Gasteiger partial charge in [-0.1, -0.05) is 19.1 Å². The molecule has 0 fully saturated rings. The van der Waals surface area contributed by atoms with Crippen LogP contribution in [0, 0.1) is 5.92 Å². The van der Waals surface area contributed by atoms with Gasteiger partial charge in [0.1, 0.15) is 0 Å². The van der Waals surface area contributed by atoms with E-state index in [4.69, 9.17) is 0 Å². The van der Waals surface area contributed by atoms with Gasteiger partial charge < -0.3 is 10.6 Å². The van der Waals surface area contributed by atoms with Crippen molar-refractivity contribution in [1.82, 2.24) is 20.4 Å². The number of nitrogens with one attached hydrogen (secondary N) is 2. The minimum atomic E-state index is -0.0247. The fourth-order valence-corrected chi connectivity index (χ4v) is 1.95. The summed E-state index contributed by atoms with van der Waals surface area (Å²) in [7, 11) is 1.85. The third-order valence-electron chi connectivity index (χ3n) is 3.13. The van der Waals surface area contributed by atoms with E-state index in [1.54, 1.807) is 10.9 Å². The largest absolute Gasteiger partial charge is 0.352 e. The summed E-state index contributed by atoms with van der Waals surface area (Å²) in [6.07, 6.45) is 3.65. The van der Waals surface area contributed by atoms with Crippen molar-refractivity contribution in [1.29, 1.82) is 0 Å². The van der Waals surface area contributed by atoms with Crippen molar-refractivity contribution in [2.45, 2.75) is 13.5 Å². The van der Waals surface area contributed by atoms with E-state index in [-0.39, 0.29) is 11.8 Å². The molecule has 1 atom stereocenters. The predicted octanol–water partition coefficient (Wildman–Crippen LogP) is 1.34. The number of amides is 1. The second-order valence-corrected chi connectivity index (χ2v) is 4.79. The molecule has 1 unspecified atom stereocenters. The van der Waals surface area contributed by atoms with Crippen molar-refractivity contribution in [3.63, 3.8) is 0 Å². The zero-order chi connectivity index (χ0) is 14.4. The molecule has 0 saturated carbocycles. The number of nitrogens with zero attached hydrogens (tertiary/aromatic N) is 2. The monoisotopic (exact) mass is 272 g/mol. The Morgan fingerprint density at radius 3 is 2.70 bits per heavy atom. The average Bonchev–Trinajstić information content (AvgIpc) is 2.99. The van der Waals surface area contributed by atoms with Crippen molar-refractivity contribution < 1.29 is 4.79 Å². The first-order valence-corrected chi connectivity index (χ1v) is 6.72. The lowest BCUT2D eigenvalue weighted by atomic mass is 10.1. The van der Waals surface area contributed by atoms with Gasteiger partial charge in [-0.15, -0.1) is 0 Å². The van der Waals surface area contributed by atoms with Gasteiger partial charge in [-0.2, -0.15) is 5.10 Å². The highest BCUT2D eigenvalue weighted by Gasteiger charge is 2.10. The molecule has 2 N–H and O–H groups in total. The highest BCUT2D eigenvalue weighted by atomic mass is 16.1. The highest BCUT2D eigenvalue weighted by molar-refractivity contribution is 5.78. The van der Waals surface area contributed by atoms with Gasteiger partial charge in [0.2, 0.25) is 5.91 Å². The Morgan fingerprint density at radius 2 is 2.10 bits per heavy atom. The summed E-state index contributed by atoms with van der Waals surface area (Å²) in [5, 5.41) is 10.1. The molecule has 2 rings (SSSR count). The van der Waals surface area contributed by atoms with E-state index in [0.29, 0.717) is 13.1 Å². The van der Waals surface area contributed by atoms with Gasteiger partial charge in [-0.25, -0.2) is 4.68 Å². The molecule has 0 bridgehead atoms. The van der Waals surface area contributed by atoms with Crippen molar-refractivity contribution in [3.05, 3.63) is 48.3 Å². The fourth-order valence-electron chi connectivity index (χ4n) is 1.95. The molecule has 0 spiro atoms. The van der Waals surface area contributed by atoms with Gasteiger partial charge in [-0.05, 0) is 30.8 Å². The number of rotatable bonds is 6. The van der Waals surface area contributed by atoms with Crippen LogP contribution in [0.2, 0.25) is 0 Å². The molecule has 0 saturated heterocycles. The predicted molar refractivity (Wildman–Crippen MR) is 78.5 cm³/mol. The minimum absolute atomic E-state index is 0.0247. The number of carbonyl (C=O) groups excluding carboxylic acids is 1. The summed E-state index contributed by atoms with van der Waals surface area (Å²) in [6, 6.07) is 9.87. The van der Waals surface area contributed by atoms with Crippen molar-refractivity contribution >= 4 is 5.91 Å². The molecule has 2 aromatic rings. The molecule has 106 valence electrons. The molecule has 0 aliphatic heterocycles. The van der Waals surface area contributed by atoms with Crippen molar-refractivity contribution in [3.8, 4) is 5.69 Å². The maximum Gasteiger partial charge on any atom is 0.224 e. The molecule has 0 radical (unpaired) electrons. The molecular formula is C15H20N4O. The summed E-state index contributed by atoms with van der Waals surface area (Å²) < 4.78 is 1.80. The molecular weight excluding hydrogens is 252 g/mol. The van der Waals surface area contributed by atoms with E-state index < -0.39 is 0 Å². The van der Waals surface area contributed by atoms with E-state index in [0.717, 1.165) is 11.3 Å². The van der Waals surface area contributed by atoms with Crippen LogP contribution in [-0.2, 0) is 11.3 Å². The van der Waals surface area contributed by atoms with E-state index in [2.05, 4.69) is 15.7 Å². The molecule has 5 heteroatoms. The van der Waals surface area contributed by atoms with Crippen molar-refractivity contribution in [2.24, 2.45) is 5.92 Å². The summed E-state index contributed by atoms with van der Waals surface area (Å²) in [5.41, 5.74) is 2.08. The first-order valence-electron chi connectivity index (χ1n) is 6.72. The minimum Gasteiger partial charge on any atom is -0.352 e. The summed E-state index contributed by atoms with van der Waals surface area (Å²) in [4.78, 5) is 11.8. The fraction of sp³-hybridized carbons (Fsp3) is 0.333. The maximum atomic E-state index is 11.8. The smallest absolute Gasteiger partial charge is 0.224 e. The van der Waals surface area contributed by atoms with Crippen LogP contribution in [-0.4, -0.2) is 29.3 Å². The van der Waals surface area contributed by atoms with Gasteiger partial charge in [0, 0.05) is 31.4 Å². The summed E-state index contributed by atoms with van der Waals surface area (Å²) in [5.74, 6) is 0.0406. The number of aromatic nitrogens is 2. The van der Waals surface area contributed by atoms with Gasteiger partial charge >= 0.3 is 0 Å². The number of carbonyl (C=O) groups is 1. The third kappa shape index (κ3) is 3.68.